The quantitative estimate of drug-likeness (QED) is 0.617. The summed E-state index contributed by atoms with van der Waals surface area (Å²) in [4.78, 5) is 20.2. The van der Waals surface area contributed by atoms with Gasteiger partial charge in [-0.1, -0.05) is 30.6 Å². The van der Waals surface area contributed by atoms with Gasteiger partial charge in [0, 0.05) is 19.1 Å². The van der Waals surface area contributed by atoms with E-state index in [0.29, 0.717) is 6.04 Å². The number of amides is 1. The number of anilines is 1. The third kappa shape index (κ3) is 4.20. The normalized spacial score (nSPS) is 19.9. The lowest BCUT2D eigenvalue weighted by molar-refractivity contribution is -0.126. The number of hydrogen-bond donors (Lipinski definition) is 1. The molecule has 0 radical (unpaired) electrons. The first-order chi connectivity index (χ1) is 15.6. The third-order valence-corrected chi connectivity index (χ3v) is 7.92. The summed E-state index contributed by atoms with van der Waals surface area (Å²) in [5.74, 6) is 1.08. The van der Waals surface area contributed by atoms with Crippen LogP contribution in [0.25, 0.3) is 16.0 Å². The molecule has 1 aromatic carbocycles. The summed E-state index contributed by atoms with van der Waals surface area (Å²) in [7, 11) is 1.67. The van der Waals surface area contributed by atoms with Gasteiger partial charge in [0.15, 0.2) is 10.8 Å². The predicted molar refractivity (Wildman–Crippen MR) is 128 cm³/mol. The average molecular weight is 454 g/mol. The summed E-state index contributed by atoms with van der Waals surface area (Å²) in [6.07, 6.45) is 7.99. The van der Waals surface area contributed by atoms with E-state index in [0.717, 1.165) is 71.4 Å². The molecule has 1 atom stereocenters. The smallest absolute Gasteiger partial charge is 0.225 e. The molecular weight excluding hydrogens is 422 g/mol. The van der Waals surface area contributed by atoms with Crippen LogP contribution >= 0.6 is 11.3 Å². The average Bonchev–Trinajstić information content (AvgIpc) is 3.40. The second-order valence-corrected chi connectivity index (χ2v) is 9.95. The van der Waals surface area contributed by atoms with Gasteiger partial charge < -0.3 is 15.0 Å². The summed E-state index contributed by atoms with van der Waals surface area (Å²) in [5, 5.41) is 9.02. The van der Waals surface area contributed by atoms with Crippen LogP contribution < -0.4 is 15.0 Å². The predicted octanol–water partition coefficient (Wildman–Crippen LogP) is 4.46. The standard InChI is InChI=1S/C24H31N5O2S/c1-16-21-22(29(27-16)19-10-12-20(31-2)13-11-19)26-24(32-21)28-14-6-7-17(15-28)23(30)25-18-8-4-3-5-9-18/h10-13,17-18H,3-9,14-15H2,1-2H3,(H,25,30)/t17-/m1/s1. The fourth-order valence-electron chi connectivity index (χ4n) is 4.89. The molecule has 1 amide bonds. The molecule has 2 aliphatic rings. The van der Waals surface area contributed by atoms with E-state index >= 15 is 0 Å². The van der Waals surface area contributed by atoms with Gasteiger partial charge in [-0.05, 0) is 56.9 Å². The monoisotopic (exact) mass is 453 g/mol. The highest BCUT2D eigenvalue weighted by molar-refractivity contribution is 7.22. The van der Waals surface area contributed by atoms with Crippen molar-refractivity contribution in [3.63, 3.8) is 0 Å². The number of nitrogens with one attached hydrogen (secondary N) is 1. The Morgan fingerprint density at radius 1 is 1.12 bits per heavy atom. The Labute approximate surface area is 192 Å². The first-order valence-electron chi connectivity index (χ1n) is 11.7. The zero-order valence-corrected chi connectivity index (χ0v) is 19.7. The maximum atomic E-state index is 12.9. The molecule has 7 nitrogen and oxygen atoms in total. The number of piperidine rings is 1. The van der Waals surface area contributed by atoms with Crippen molar-refractivity contribution in [2.75, 3.05) is 25.1 Å². The number of rotatable bonds is 5. The fourth-order valence-corrected chi connectivity index (χ4v) is 5.91. The van der Waals surface area contributed by atoms with Gasteiger partial charge in [0.05, 0.1) is 29.1 Å². The van der Waals surface area contributed by atoms with Crippen molar-refractivity contribution in [3.8, 4) is 11.4 Å². The van der Waals surface area contributed by atoms with Gasteiger partial charge in [-0.25, -0.2) is 4.68 Å². The van der Waals surface area contributed by atoms with E-state index in [9.17, 15) is 4.79 Å². The zero-order valence-electron chi connectivity index (χ0n) is 18.8. The molecule has 2 fully saturated rings. The molecule has 5 rings (SSSR count). The van der Waals surface area contributed by atoms with Crippen LogP contribution in [-0.4, -0.2) is 46.9 Å². The molecule has 1 saturated heterocycles. The van der Waals surface area contributed by atoms with Gasteiger partial charge in [0.25, 0.3) is 0 Å². The van der Waals surface area contributed by atoms with Gasteiger partial charge in [-0.3, -0.25) is 4.79 Å². The number of hydrogen-bond acceptors (Lipinski definition) is 6. The van der Waals surface area contributed by atoms with Crippen molar-refractivity contribution in [2.24, 2.45) is 5.92 Å². The SMILES string of the molecule is COc1ccc(-n2nc(C)c3sc(N4CCC[C@@H](C(=O)NC5CCCCC5)C4)nc32)cc1. The Hall–Kier alpha value is -2.61. The van der Waals surface area contributed by atoms with Crippen molar-refractivity contribution in [1.82, 2.24) is 20.1 Å². The van der Waals surface area contributed by atoms with E-state index in [4.69, 9.17) is 14.8 Å². The molecule has 8 heteroatoms. The number of carbonyl (C=O) groups excluding carboxylic acids is 1. The maximum Gasteiger partial charge on any atom is 0.225 e. The maximum absolute atomic E-state index is 12.9. The van der Waals surface area contributed by atoms with Gasteiger partial charge in [0.2, 0.25) is 5.91 Å². The van der Waals surface area contributed by atoms with Crippen molar-refractivity contribution in [2.45, 2.75) is 57.9 Å². The van der Waals surface area contributed by atoms with Crippen molar-refractivity contribution < 1.29 is 9.53 Å². The number of aromatic nitrogens is 3. The Balaban J connectivity index is 1.34. The minimum atomic E-state index is 0.0388. The topological polar surface area (TPSA) is 72.3 Å². The minimum absolute atomic E-state index is 0.0388. The van der Waals surface area contributed by atoms with Crippen LogP contribution in [0, 0.1) is 12.8 Å². The summed E-state index contributed by atoms with van der Waals surface area (Å²) in [6.45, 7) is 3.71. The molecule has 2 aromatic heterocycles. The van der Waals surface area contributed by atoms with Gasteiger partial charge in [0.1, 0.15) is 5.75 Å². The van der Waals surface area contributed by atoms with Crippen LogP contribution in [0.2, 0.25) is 0 Å². The molecule has 170 valence electrons. The second kappa shape index (κ2) is 9.10. The molecule has 1 saturated carbocycles. The Bertz CT molecular complexity index is 1080. The van der Waals surface area contributed by atoms with Crippen LogP contribution in [0.15, 0.2) is 24.3 Å². The van der Waals surface area contributed by atoms with Gasteiger partial charge in [-0.2, -0.15) is 10.1 Å². The highest BCUT2D eigenvalue weighted by Gasteiger charge is 2.29. The van der Waals surface area contributed by atoms with Crippen molar-refractivity contribution in [3.05, 3.63) is 30.0 Å². The number of aryl methyl sites for hydroxylation is 1. The number of ether oxygens (including phenoxy) is 1. The number of carbonyl (C=O) groups is 1. The van der Waals surface area contributed by atoms with Crippen LogP contribution in [0.5, 0.6) is 5.75 Å². The molecule has 0 bridgehead atoms. The fraction of sp³-hybridized carbons (Fsp3) is 0.542. The number of thiazole rings is 1. The highest BCUT2D eigenvalue weighted by atomic mass is 32.1. The largest absolute Gasteiger partial charge is 0.497 e. The number of methoxy groups -OCH3 is 1. The molecule has 0 unspecified atom stereocenters. The van der Waals surface area contributed by atoms with E-state index in [1.54, 1.807) is 18.4 Å². The highest BCUT2D eigenvalue weighted by Crippen LogP contribution is 2.34. The number of benzene rings is 1. The van der Waals surface area contributed by atoms with Gasteiger partial charge in [-0.15, -0.1) is 0 Å². The van der Waals surface area contributed by atoms with E-state index in [1.165, 1.54) is 19.3 Å². The van der Waals surface area contributed by atoms with E-state index in [2.05, 4.69) is 10.2 Å². The summed E-state index contributed by atoms with van der Waals surface area (Å²) >= 11 is 1.68. The van der Waals surface area contributed by atoms with E-state index in [1.807, 2.05) is 35.9 Å². The van der Waals surface area contributed by atoms with Crippen LogP contribution in [0.4, 0.5) is 5.13 Å². The summed E-state index contributed by atoms with van der Waals surface area (Å²) in [5.41, 5.74) is 2.81. The van der Waals surface area contributed by atoms with E-state index in [-0.39, 0.29) is 11.8 Å². The lowest BCUT2D eigenvalue weighted by Gasteiger charge is -2.33. The van der Waals surface area contributed by atoms with Crippen LogP contribution in [0.3, 0.4) is 0 Å². The summed E-state index contributed by atoms with van der Waals surface area (Å²) in [6, 6.07) is 8.23. The lowest BCUT2D eigenvalue weighted by atomic mass is 9.93. The molecule has 1 aliphatic carbocycles. The molecule has 3 heterocycles. The van der Waals surface area contributed by atoms with Crippen LogP contribution in [0.1, 0.15) is 50.6 Å². The first-order valence-corrected chi connectivity index (χ1v) is 12.5. The van der Waals surface area contributed by atoms with Crippen molar-refractivity contribution in [1.29, 1.82) is 0 Å². The molecule has 32 heavy (non-hydrogen) atoms. The van der Waals surface area contributed by atoms with Crippen LogP contribution in [-0.2, 0) is 4.79 Å². The molecular formula is C24H31N5O2S. The Morgan fingerprint density at radius 2 is 1.91 bits per heavy atom. The molecule has 1 aliphatic heterocycles. The first kappa shape index (κ1) is 21.2. The third-order valence-electron chi connectivity index (χ3n) is 6.71. The van der Waals surface area contributed by atoms with Gasteiger partial charge >= 0.3 is 0 Å². The lowest BCUT2D eigenvalue weighted by Crippen LogP contribution is -2.46. The Morgan fingerprint density at radius 3 is 2.66 bits per heavy atom. The second-order valence-electron chi connectivity index (χ2n) is 8.97. The Kier molecular flexibility index (Phi) is 6.04. The molecule has 0 spiro atoms. The summed E-state index contributed by atoms with van der Waals surface area (Å²) < 4.78 is 8.28. The minimum Gasteiger partial charge on any atom is -0.497 e. The zero-order chi connectivity index (χ0) is 22.1. The molecule has 1 N–H and O–H groups in total. The molecule has 3 aromatic rings. The number of fused-ring (bicyclic) bond motifs is 1. The van der Waals surface area contributed by atoms with E-state index < -0.39 is 0 Å². The van der Waals surface area contributed by atoms with Crippen molar-refractivity contribution >= 4 is 32.7 Å². The number of nitrogens with zero attached hydrogens (tertiary/aromatic N) is 4.